The van der Waals surface area contributed by atoms with E-state index in [0.717, 1.165) is 29.6 Å². The first-order valence-electron chi connectivity index (χ1n) is 7.14. The number of rotatable bonds is 2. The Morgan fingerprint density at radius 1 is 1.24 bits per heavy atom. The molecule has 1 aromatic heterocycles. The lowest BCUT2D eigenvalue weighted by molar-refractivity contribution is 0.167. The van der Waals surface area contributed by atoms with Gasteiger partial charge >= 0.3 is 0 Å². The lowest BCUT2D eigenvalue weighted by Gasteiger charge is -2.36. The highest BCUT2D eigenvalue weighted by Gasteiger charge is 2.21. The van der Waals surface area contributed by atoms with Gasteiger partial charge in [0.15, 0.2) is 0 Å². The van der Waals surface area contributed by atoms with Gasteiger partial charge in [-0.25, -0.2) is 0 Å². The molecule has 2 aromatic rings. The maximum Gasteiger partial charge on any atom is 0.0758 e. The van der Waals surface area contributed by atoms with E-state index in [1.54, 1.807) is 0 Å². The largest absolute Gasteiger partial charge is 0.309 e. The van der Waals surface area contributed by atoms with Crippen LogP contribution in [0.5, 0.6) is 0 Å². The Morgan fingerprint density at radius 3 is 2.67 bits per heavy atom. The predicted molar refractivity (Wildman–Crippen MR) is 94.0 cm³/mol. The van der Waals surface area contributed by atoms with E-state index in [0.29, 0.717) is 12.1 Å². The molecule has 3 nitrogen and oxygen atoms in total. The van der Waals surface area contributed by atoms with Gasteiger partial charge in [-0.05, 0) is 31.5 Å². The molecule has 2 atom stereocenters. The fourth-order valence-corrected chi connectivity index (χ4v) is 3.59. The average Bonchev–Trinajstić information content (AvgIpc) is 2.41. The van der Waals surface area contributed by atoms with Crippen molar-refractivity contribution in [2.24, 2.45) is 0 Å². The molecule has 1 aliphatic rings. The Balaban J connectivity index is 0.00000161. The zero-order valence-electron chi connectivity index (χ0n) is 12.3. The van der Waals surface area contributed by atoms with E-state index < -0.39 is 0 Å². The van der Waals surface area contributed by atoms with E-state index in [-0.39, 0.29) is 12.4 Å². The minimum atomic E-state index is 0. The zero-order chi connectivity index (χ0) is 14.1. The van der Waals surface area contributed by atoms with Crippen LogP contribution in [0.4, 0.5) is 0 Å². The number of nitrogens with one attached hydrogen (secondary N) is 1. The van der Waals surface area contributed by atoms with Crippen LogP contribution in [0.2, 0.25) is 0 Å². The van der Waals surface area contributed by atoms with Crippen molar-refractivity contribution in [2.45, 2.75) is 32.5 Å². The predicted octanol–water partition coefficient (Wildman–Crippen LogP) is 3.60. The van der Waals surface area contributed by atoms with Gasteiger partial charge in [-0.3, -0.25) is 9.88 Å². The van der Waals surface area contributed by atoms with E-state index in [1.165, 1.54) is 10.9 Å². The second-order valence-corrected chi connectivity index (χ2v) is 6.62. The van der Waals surface area contributed by atoms with E-state index in [4.69, 9.17) is 0 Å². The van der Waals surface area contributed by atoms with Gasteiger partial charge in [0.05, 0.1) is 5.52 Å². The molecule has 0 spiro atoms. The third kappa shape index (κ3) is 3.75. The second kappa shape index (κ2) is 7.05. The minimum Gasteiger partial charge on any atom is -0.309 e. The van der Waals surface area contributed by atoms with Crippen LogP contribution in [0.25, 0.3) is 10.9 Å². The van der Waals surface area contributed by atoms with Gasteiger partial charge in [0.2, 0.25) is 0 Å². The van der Waals surface area contributed by atoms with Gasteiger partial charge in [0, 0.05) is 47.8 Å². The summed E-state index contributed by atoms with van der Waals surface area (Å²) in [6.07, 6.45) is 1.88. The number of halogens is 2. The average molecular weight is 371 g/mol. The van der Waals surface area contributed by atoms with Crippen LogP contribution in [0.3, 0.4) is 0 Å². The molecule has 3 rings (SSSR count). The molecule has 21 heavy (non-hydrogen) atoms. The molecule has 114 valence electrons. The first-order valence-corrected chi connectivity index (χ1v) is 7.93. The highest BCUT2D eigenvalue weighted by atomic mass is 79.9. The fourth-order valence-electron chi connectivity index (χ4n) is 3.13. The number of benzene rings is 1. The maximum atomic E-state index is 4.57. The normalized spacial score (nSPS) is 23.0. The molecule has 1 N–H and O–H groups in total. The number of hydrogen-bond donors (Lipinski definition) is 1. The Kier molecular flexibility index (Phi) is 5.60. The Hall–Kier alpha value is -0.680. The van der Waals surface area contributed by atoms with Crippen molar-refractivity contribution >= 4 is 39.2 Å². The van der Waals surface area contributed by atoms with E-state index in [9.17, 15) is 0 Å². The number of nitrogens with zero attached hydrogens (tertiary/aromatic N) is 2. The lowest BCUT2D eigenvalue weighted by Crippen LogP contribution is -2.53. The summed E-state index contributed by atoms with van der Waals surface area (Å²) in [5.74, 6) is 0. The Morgan fingerprint density at radius 2 is 1.95 bits per heavy atom. The monoisotopic (exact) mass is 369 g/mol. The molecular formula is C16H21BrClN3. The van der Waals surface area contributed by atoms with Crippen LogP contribution in [0.1, 0.15) is 19.4 Å². The quantitative estimate of drug-likeness (QED) is 0.875. The van der Waals surface area contributed by atoms with Crippen LogP contribution in [-0.2, 0) is 6.54 Å². The summed E-state index contributed by atoms with van der Waals surface area (Å²) >= 11 is 3.61. The molecule has 0 amide bonds. The van der Waals surface area contributed by atoms with Crippen molar-refractivity contribution < 1.29 is 0 Å². The summed E-state index contributed by atoms with van der Waals surface area (Å²) in [7, 11) is 0. The zero-order valence-corrected chi connectivity index (χ0v) is 14.7. The Labute approximate surface area is 140 Å². The van der Waals surface area contributed by atoms with Crippen LogP contribution in [0.15, 0.2) is 34.9 Å². The van der Waals surface area contributed by atoms with Gasteiger partial charge in [0.1, 0.15) is 0 Å². The summed E-state index contributed by atoms with van der Waals surface area (Å²) < 4.78 is 1.12. The number of hydrogen-bond acceptors (Lipinski definition) is 3. The molecule has 0 bridgehead atoms. The number of aromatic nitrogens is 1. The highest BCUT2D eigenvalue weighted by Crippen LogP contribution is 2.26. The summed E-state index contributed by atoms with van der Waals surface area (Å²) in [6.45, 7) is 7.65. The molecule has 1 aromatic carbocycles. The van der Waals surface area contributed by atoms with E-state index in [1.807, 2.05) is 12.3 Å². The first-order chi connectivity index (χ1) is 9.63. The first kappa shape index (κ1) is 16.7. The molecule has 2 unspecified atom stereocenters. The summed E-state index contributed by atoms with van der Waals surface area (Å²) in [4.78, 5) is 7.09. The standard InChI is InChI=1S/C16H20BrN3.ClH/c1-11-8-20(9-12(2)19-11)10-13-5-6-15(17)14-4-3-7-18-16(13)14;/h3-7,11-12,19H,8-10H2,1-2H3;1H. The molecule has 1 saturated heterocycles. The van der Waals surface area contributed by atoms with E-state index >= 15 is 0 Å². The molecule has 0 aliphatic carbocycles. The third-order valence-electron chi connectivity index (χ3n) is 3.83. The number of piperazine rings is 1. The summed E-state index contributed by atoms with van der Waals surface area (Å²) in [6, 6.07) is 9.54. The molecule has 5 heteroatoms. The van der Waals surface area contributed by atoms with Gasteiger partial charge in [-0.2, -0.15) is 0 Å². The van der Waals surface area contributed by atoms with Crippen LogP contribution >= 0.6 is 28.3 Å². The molecule has 0 radical (unpaired) electrons. The summed E-state index contributed by atoms with van der Waals surface area (Å²) in [5, 5.41) is 4.77. The van der Waals surface area contributed by atoms with Crippen molar-refractivity contribution in [3.63, 3.8) is 0 Å². The van der Waals surface area contributed by atoms with Crippen molar-refractivity contribution in [3.05, 3.63) is 40.5 Å². The molecule has 0 saturated carbocycles. The topological polar surface area (TPSA) is 28.2 Å². The van der Waals surface area contributed by atoms with Crippen LogP contribution < -0.4 is 5.32 Å². The second-order valence-electron chi connectivity index (χ2n) is 5.77. The molecular weight excluding hydrogens is 350 g/mol. The van der Waals surface area contributed by atoms with Crippen LogP contribution in [-0.4, -0.2) is 35.1 Å². The molecule has 1 aliphatic heterocycles. The van der Waals surface area contributed by atoms with Crippen molar-refractivity contribution in [1.82, 2.24) is 15.2 Å². The maximum absolute atomic E-state index is 4.57. The van der Waals surface area contributed by atoms with Crippen molar-refractivity contribution in [1.29, 1.82) is 0 Å². The van der Waals surface area contributed by atoms with Gasteiger partial charge in [-0.15, -0.1) is 12.4 Å². The van der Waals surface area contributed by atoms with Gasteiger partial charge in [-0.1, -0.05) is 28.1 Å². The van der Waals surface area contributed by atoms with Gasteiger partial charge in [0.25, 0.3) is 0 Å². The number of fused-ring (bicyclic) bond motifs is 1. The van der Waals surface area contributed by atoms with E-state index in [2.05, 4.69) is 63.2 Å². The minimum absolute atomic E-state index is 0. The van der Waals surface area contributed by atoms with Crippen molar-refractivity contribution in [2.75, 3.05) is 13.1 Å². The molecule has 2 heterocycles. The fraction of sp³-hybridized carbons (Fsp3) is 0.438. The van der Waals surface area contributed by atoms with Crippen LogP contribution in [0, 0.1) is 0 Å². The van der Waals surface area contributed by atoms with Gasteiger partial charge < -0.3 is 5.32 Å². The SMILES string of the molecule is CC1CN(Cc2ccc(Br)c3cccnc23)CC(C)N1.Cl. The highest BCUT2D eigenvalue weighted by molar-refractivity contribution is 9.10. The Bertz CT molecular complexity index is 609. The molecule has 1 fully saturated rings. The lowest BCUT2D eigenvalue weighted by atomic mass is 10.1. The smallest absolute Gasteiger partial charge is 0.0758 e. The summed E-state index contributed by atoms with van der Waals surface area (Å²) in [5.41, 5.74) is 2.42. The third-order valence-corrected chi connectivity index (χ3v) is 4.52. The number of pyridine rings is 1. The van der Waals surface area contributed by atoms with Crippen molar-refractivity contribution in [3.8, 4) is 0 Å².